The predicted octanol–water partition coefficient (Wildman–Crippen LogP) is 2.70. The first kappa shape index (κ1) is 10.0. The molecule has 1 unspecified atom stereocenters. The van der Waals surface area contributed by atoms with Gasteiger partial charge in [0.15, 0.2) is 0 Å². The second-order valence-electron chi connectivity index (χ2n) is 3.44. The van der Waals surface area contributed by atoms with Gasteiger partial charge in [0.05, 0.1) is 0 Å². The van der Waals surface area contributed by atoms with Crippen molar-refractivity contribution in [1.82, 2.24) is 5.32 Å². The van der Waals surface area contributed by atoms with Crippen molar-refractivity contribution in [1.29, 1.82) is 0 Å². The standard InChI is InChI=1S/C12H17N/c1-4-10-12(2,13-3)11-8-6-5-7-9-11/h4-9,13H,1,10H2,2-3H3. The van der Waals surface area contributed by atoms with E-state index in [0.717, 1.165) is 6.42 Å². The topological polar surface area (TPSA) is 12.0 Å². The van der Waals surface area contributed by atoms with Gasteiger partial charge in [-0.3, -0.25) is 0 Å². The number of hydrogen-bond donors (Lipinski definition) is 1. The SMILES string of the molecule is C=CCC(C)(NC)c1ccccc1. The molecule has 0 spiro atoms. The molecule has 1 aromatic rings. The highest BCUT2D eigenvalue weighted by molar-refractivity contribution is 5.24. The summed E-state index contributed by atoms with van der Waals surface area (Å²) < 4.78 is 0. The lowest BCUT2D eigenvalue weighted by Gasteiger charge is -2.28. The van der Waals surface area contributed by atoms with Crippen LogP contribution >= 0.6 is 0 Å². The molecule has 1 heteroatoms. The van der Waals surface area contributed by atoms with Crippen LogP contribution in [0.5, 0.6) is 0 Å². The fourth-order valence-electron chi connectivity index (χ4n) is 1.46. The van der Waals surface area contributed by atoms with Crippen LogP contribution in [0.1, 0.15) is 18.9 Å². The molecule has 1 atom stereocenters. The van der Waals surface area contributed by atoms with Crippen LogP contribution in [-0.4, -0.2) is 7.05 Å². The Hall–Kier alpha value is -1.08. The number of hydrogen-bond acceptors (Lipinski definition) is 1. The van der Waals surface area contributed by atoms with Gasteiger partial charge in [0.1, 0.15) is 0 Å². The van der Waals surface area contributed by atoms with E-state index >= 15 is 0 Å². The molecule has 0 radical (unpaired) electrons. The molecule has 0 fully saturated rings. The van der Waals surface area contributed by atoms with Crippen LogP contribution in [-0.2, 0) is 5.54 Å². The number of rotatable bonds is 4. The maximum atomic E-state index is 3.78. The second-order valence-corrected chi connectivity index (χ2v) is 3.44. The van der Waals surface area contributed by atoms with E-state index in [2.05, 4.69) is 43.1 Å². The smallest absolute Gasteiger partial charge is 0.0438 e. The first-order valence-corrected chi connectivity index (χ1v) is 4.58. The average molecular weight is 175 g/mol. The molecule has 0 aliphatic carbocycles. The van der Waals surface area contributed by atoms with Crippen molar-refractivity contribution >= 4 is 0 Å². The van der Waals surface area contributed by atoms with Crippen molar-refractivity contribution in [2.75, 3.05) is 7.05 Å². The van der Waals surface area contributed by atoms with Crippen molar-refractivity contribution < 1.29 is 0 Å². The zero-order chi connectivity index (χ0) is 9.73. The summed E-state index contributed by atoms with van der Waals surface area (Å²) in [5.41, 5.74) is 1.32. The third-order valence-corrected chi connectivity index (χ3v) is 2.52. The van der Waals surface area contributed by atoms with E-state index in [0.29, 0.717) is 0 Å². The normalized spacial score (nSPS) is 14.9. The van der Waals surface area contributed by atoms with Crippen LogP contribution in [0.2, 0.25) is 0 Å². The van der Waals surface area contributed by atoms with Crippen LogP contribution < -0.4 is 5.32 Å². The largest absolute Gasteiger partial charge is 0.310 e. The van der Waals surface area contributed by atoms with Crippen molar-refractivity contribution in [2.45, 2.75) is 18.9 Å². The van der Waals surface area contributed by atoms with Crippen molar-refractivity contribution in [3.8, 4) is 0 Å². The van der Waals surface area contributed by atoms with Gasteiger partial charge < -0.3 is 5.32 Å². The van der Waals surface area contributed by atoms with Gasteiger partial charge in [-0.15, -0.1) is 6.58 Å². The molecular weight excluding hydrogens is 158 g/mol. The molecule has 0 aliphatic heterocycles. The Morgan fingerprint density at radius 3 is 2.46 bits per heavy atom. The van der Waals surface area contributed by atoms with Gasteiger partial charge in [0.2, 0.25) is 0 Å². The fraction of sp³-hybridized carbons (Fsp3) is 0.333. The Balaban J connectivity index is 2.95. The summed E-state index contributed by atoms with van der Waals surface area (Å²) in [6.45, 7) is 5.96. The van der Waals surface area contributed by atoms with Gasteiger partial charge in [0, 0.05) is 5.54 Å². The van der Waals surface area contributed by atoms with Crippen LogP contribution in [0.25, 0.3) is 0 Å². The summed E-state index contributed by atoms with van der Waals surface area (Å²) in [5, 5.41) is 3.32. The summed E-state index contributed by atoms with van der Waals surface area (Å²) in [4.78, 5) is 0. The number of nitrogens with one attached hydrogen (secondary N) is 1. The summed E-state index contributed by atoms with van der Waals surface area (Å²) in [5.74, 6) is 0. The van der Waals surface area contributed by atoms with Crippen LogP contribution in [0.15, 0.2) is 43.0 Å². The van der Waals surface area contributed by atoms with E-state index in [1.165, 1.54) is 5.56 Å². The molecule has 1 N–H and O–H groups in total. The Morgan fingerprint density at radius 2 is 2.00 bits per heavy atom. The van der Waals surface area contributed by atoms with E-state index < -0.39 is 0 Å². The van der Waals surface area contributed by atoms with Crippen molar-refractivity contribution in [3.63, 3.8) is 0 Å². The van der Waals surface area contributed by atoms with Gasteiger partial charge in [0.25, 0.3) is 0 Å². The molecule has 70 valence electrons. The zero-order valence-corrected chi connectivity index (χ0v) is 8.38. The Bertz CT molecular complexity index is 266. The molecule has 0 aliphatic rings. The van der Waals surface area contributed by atoms with Gasteiger partial charge in [-0.1, -0.05) is 36.4 Å². The van der Waals surface area contributed by atoms with E-state index in [1.54, 1.807) is 0 Å². The molecule has 0 bridgehead atoms. The van der Waals surface area contributed by atoms with E-state index in [4.69, 9.17) is 0 Å². The minimum absolute atomic E-state index is 0.0169. The molecule has 13 heavy (non-hydrogen) atoms. The van der Waals surface area contributed by atoms with Crippen LogP contribution in [0, 0.1) is 0 Å². The van der Waals surface area contributed by atoms with E-state index in [1.807, 2.05) is 19.2 Å². The highest BCUT2D eigenvalue weighted by Crippen LogP contribution is 2.23. The first-order chi connectivity index (χ1) is 6.23. The Morgan fingerprint density at radius 1 is 1.38 bits per heavy atom. The second kappa shape index (κ2) is 4.24. The molecule has 1 aromatic carbocycles. The minimum atomic E-state index is 0.0169. The highest BCUT2D eigenvalue weighted by Gasteiger charge is 2.21. The molecule has 0 saturated heterocycles. The van der Waals surface area contributed by atoms with Crippen LogP contribution in [0.3, 0.4) is 0 Å². The lowest BCUT2D eigenvalue weighted by atomic mass is 9.89. The summed E-state index contributed by atoms with van der Waals surface area (Å²) in [7, 11) is 1.98. The van der Waals surface area contributed by atoms with Crippen molar-refractivity contribution in [3.05, 3.63) is 48.6 Å². The first-order valence-electron chi connectivity index (χ1n) is 4.58. The Kier molecular flexibility index (Phi) is 3.26. The minimum Gasteiger partial charge on any atom is -0.310 e. The molecule has 0 saturated carbocycles. The van der Waals surface area contributed by atoms with Crippen LogP contribution in [0.4, 0.5) is 0 Å². The average Bonchev–Trinajstić information content (AvgIpc) is 2.19. The number of benzene rings is 1. The van der Waals surface area contributed by atoms with Gasteiger partial charge in [-0.25, -0.2) is 0 Å². The fourth-order valence-corrected chi connectivity index (χ4v) is 1.46. The van der Waals surface area contributed by atoms with Gasteiger partial charge in [-0.2, -0.15) is 0 Å². The molecule has 1 nitrogen and oxygen atoms in total. The summed E-state index contributed by atoms with van der Waals surface area (Å²) in [6, 6.07) is 10.4. The lowest BCUT2D eigenvalue weighted by molar-refractivity contribution is 0.405. The van der Waals surface area contributed by atoms with Gasteiger partial charge in [-0.05, 0) is 26.0 Å². The highest BCUT2D eigenvalue weighted by atomic mass is 14.9. The quantitative estimate of drug-likeness (QED) is 0.694. The zero-order valence-electron chi connectivity index (χ0n) is 8.38. The summed E-state index contributed by atoms with van der Waals surface area (Å²) in [6.07, 6.45) is 2.89. The van der Waals surface area contributed by atoms with Gasteiger partial charge >= 0.3 is 0 Å². The molecule has 0 aromatic heterocycles. The lowest BCUT2D eigenvalue weighted by Crippen LogP contribution is -2.36. The third-order valence-electron chi connectivity index (χ3n) is 2.52. The predicted molar refractivity (Wildman–Crippen MR) is 57.7 cm³/mol. The molecule has 0 amide bonds. The third kappa shape index (κ3) is 2.19. The van der Waals surface area contributed by atoms with E-state index in [9.17, 15) is 0 Å². The van der Waals surface area contributed by atoms with E-state index in [-0.39, 0.29) is 5.54 Å². The monoisotopic (exact) mass is 175 g/mol. The molecule has 1 rings (SSSR count). The molecule has 0 heterocycles. The van der Waals surface area contributed by atoms with Crippen molar-refractivity contribution in [2.24, 2.45) is 0 Å². The summed E-state index contributed by atoms with van der Waals surface area (Å²) >= 11 is 0. The maximum Gasteiger partial charge on any atom is 0.0438 e. The molecular formula is C12H17N. The Labute approximate surface area is 80.5 Å². The maximum absolute atomic E-state index is 3.78.